The van der Waals surface area contributed by atoms with Crippen LogP contribution in [0.25, 0.3) is 0 Å². The Balaban J connectivity index is 1.35. The molecule has 1 amide bonds. The molecule has 0 saturated carbocycles. The van der Waals surface area contributed by atoms with Gasteiger partial charge in [-0.1, -0.05) is 36.4 Å². The molecular formula is C27H30N2O4. The summed E-state index contributed by atoms with van der Waals surface area (Å²) < 4.78 is 13.7. The van der Waals surface area contributed by atoms with Crippen molar-refractivity contribution in [3.8, 4) is 5.75 Å². The number of ketones is 1. The lowest BCUT2D eigenvalue weighted by Gasteiger charge is -2.15. The van der Waals surface area contributed by atoms with Gasteiger partial charge < -0.3 is 19.4 Å². The van der Waals surface area contributed by atoms with Crippen LogP contribution in [0.5, 0.6) is 5.75 Å². The van der Waals surface area contributed by atoms with Crippen LogP contribution in [0, 0.1) is 13.8 Å². The Morgan fingerprint density at radius 1 is 1.09 bits per heavy atom. The van der Waals surface area contributed by atoms with E-state index in [9.17, 15) is 9.59 Å². The molecule has 0 aliphatic carbocycles. The Hall–Kier alpha value is -3.38. The Morgan fingerprint density at radius 3 is 2.67 bits per heavy atom. The topological polar surface area (TPSA) is 69.6 Å². The number of hydrogen-bond donors (Lipinski definition) is 1. The summed E-state index contributed by atoms with van der Waals surface area (Å²) >= 11 is 0. The van der Waals surface area contributed by atoms with Crippen molar-refractivity contribution in [1.82, 2.24) is 9.88 Å². The number of ether oxygens (including phenoxy) is 2. The summed E-state index contributed by atoms with van der Waals surface area (Å²) in [5, 5.41) is 2.90. The molecule has 0 radical (unpaired) electrons. The van der Waals surface area contributed by atoms with E-state index >= 15 is 0 Å². The van der Waals surface area contributed by atoms with Crippen LogP contribution in [0.2, 0.25) is 0 Å². The summed E-state index contributed by atoms with van der Waals surface area (Å²) in [7, 11) is 0. The molecule has 6 nitrogen and oxygen atoms in total. The SMILES string of the molecule is Cc1cc(C(=O)COc2cccc(C(=O)NCc3ccccc3)c2)c(C)n1C[C@H]1CCCO1. The van der Waals surface area contributed by atoms with Gasteiger partial charge in [0.05, 0.1) is 6.10 Å². The van der Waals surface area contributed by atoms with E-state index in [4.69, 9.17) is 9.47 Å². The number of aryl methyl sites for hydroxylation is 1. The zero-order chi connectivity index (χ0) is 23.2. The lowest BCUT2D eigenvalue weighted by molar-refractivity contribution is 0.0914. The zero-order valence-corrected chi connectivity index (χ0v) is 19.2. The molecule has 1 atom stereocenters. The molecule has 4 rings (SSSR count). The molecule has 6 heteroatoms. The Labute approximate surface area is 194 Å². The molecule has 1 aliphatic rings. The summed E-state index contributed by atoms with van der Waals surface area (Å²) in [6.45, 7) is 5.92. The van der Waals surface area contributed by atoms with Crippen molar-refractivity contribution in [1.29, 1.82) is 0 Å². The third-order valence-corrected chi connectivity index (χ3v) is 6.05. The largest absolute Gasteiger partial charge is 0.485 e. The van der Waals surface area contributed by atoms with E-state index in [0.717, 1.165) is 42.9 Å². The van der Waals surface area contributed by atoms with Gasteiger partial charge >= 0.3 is 0 Å². The summed E-state index contributed by atoms with van der Waals surface area (Å²) in [5.74, 6) is 0.220. The average molecular weight is 447 g/mol. The highest BCUT2D eigenvalue weighted by Crippen LogP contribution is 2.21. The van der Waals surface area contributed by atoms with Gasteiger partial charge in [0.15, 0.2) is 6.61 Å². The molecule has 172 valence electrons. The first kappa shape index (κ1) is 22.8. The minimum Gasteiger partial charge on any atom is -0.485 e. The summed E-state index contributed by atoms with van der Waals surface area (Å²) in [6, 6.07) is 18.6. The first-order valence-electron chi connectivity index (χ1n) is 11.4. The van der Waals surface area contributed by atoms with E-state index < -0.39 is 0 Å². The quantitative estimate of drug-likeness (QED) is 0.492. The molecule has 3 aromatic rings. The number of nitrogens with zero attached hydrogens (tertiary/aromatic N) is 1. The Morgan fingerprint density at radius 2 is 1.91 bits per heavy atom. The fraction of sp³-hybridized carbons (Fsp3) is 0.333. The van der Waals surface area contributed by atoms with Gasteiger partial charge in [0, 0.05) is 42.2 Å². The number of rotatable bonds is 9. The second-order valence-corrected chi connectivity index (χ2v) is 8.44. The Bertz CT molecular complexity index is 1110. The van der Waals surface area contributed by atoms with Crippen molar-refractivity contribution in [3.05, 3.63) is 88.7 Å². The lowest BCUT2D eigenvalue weighted by atomic mass is 10.1. The highest BCUT2D eigenvalue weighted by molar-refractivity contribution is 5.98. The van der Waals surface area contributed by atoms with E-state index in [1.807, 2.05) is 50.2 Å². The molecule has 0 unspecified atom stereocenters. The van der Waals surface area contributed by atoms with Crippen LogP contribution in [0.4, 0.5) is 0 Å². The van der Waals surface area contributed by atoms with Gasteiger partial charge in [-0.3, -0.25) is 9.59 Å². The van der Waals surface area contributed by atoms with E-state index in [-0.39, 0.29) is 24.4 Å². The van der Waals surface area contributed by atoms with Crippen LogP contribution in [0.1, 0.15) is 50.5 Å². The van der Waals surface area contributed by atoms with Gasteiger partial charge in [0.1, 0.15) is 5.75 Å². The third-order valence-electron chi connectivity index (χ3n) is 6.05. The number of carbonyl (C=O) groups excluding carboxylic acids is 2. The van der Waals surface area contributed by atoms with Gasteiger partial charge in [-0.2, -0.15) is 0 Å². The van der Waals surface area contributed by atoms with Gasteiger partial charge in [-0.05, 0) is 56.5 Å². The molecule has 33 heavy (non-hydrogen) atoms. The van der Waals surface area contributed by atoms with Crippen LogP contribution in [-0.2, 0) is 17.8 Å². The molecule has 1 aromatic heterocycles. The monoisotopic (exact) mass is 446 g/mol. The van der Waals surface area contributed by atoms with Crippen molar-refractivity contribution in [2.24, 2.45) is 0 Å². The molecular weight excluding hydrogens is 416 g/mol. The van der Waals surface area contributed by atoms with Crippen molar-refractivity contribution < 1.29 is 19.1 Å². The number of hydrogen-bond acceptors (Lipinski definition) is 4. The van der Waals surface area contributed by atoms with Crippen molar-refractivity contribution in [2.45, 2.75) is 45.9 Å². The van der Waals surface area contributed by atoms with Crippen LogP contribution >= 0.6 is 0 Å². The molecule has 0 spiro atoms. The van der Waals surface area contributed by atoms with Crippen LogP contribution < -0.4 is 10.1 Å². The zero-order valence-electron chi connectivity index (χ0n) is 19.2. The number of nitrogens with one attached hydrogen (secondary N) is 1. The number of Topliss-reactive ketones (excluding diaryl/α,β-unsaturated/α-hetero) is 1. The fourth-order valence-corrected chi connectivity index (χ4v) is 4.19. The van der Waals surface area contributed by atoms with Crippen LogP contribution in [-0.4, -0.2) is 35.6 Å². The summed E-state index contributed by atoms with van der Waals surface area (Å²) in [6.07, 6.45) is 2.36. The highest BCUT2D eigenvalue weighted by atomic mass is 16.5. The average Bonchev–Trinajstić information content (AvgIpc) is 3.46. The van der Waals surface area contributed by atoms with E-state index in [1.54, 1.807) is 24.3 Å². The van der Waals surface area contributed by atoms with Gasteiger partial charge in [0.25, 0.3) is 5.91 Å². The predicted octanol–water partition coefficient (Wildman–Crippen LogP) is 4.48. The first-order valence-corrected chi connectivity index (χ1v) is 11.4. The molecule has 2 aromatic carbocycles. The number of aromatic nitrogens is 1. The molecule has 1 N–H and O–H groups in total. The molecule has 1 saturated heterocycles. The summed E-state index contributed by atoms with van der Waals surface area (Å²) in [4.78, 5) is 25.4. The van der Waals surface area contributed by atoms with E-state index in [1.165, 1.54) is 0 Å². The maximum Gasteiger partial charge on any atom is 0.251 e. The minimum atomic E-state index is -0.187. The molecule has 2 heterocycles. The van der Waals surface area contributed by atoms with Crippen molar-refractivity contribution in [2.75, 3.05) is 13.2 Å². The minimum absolute atomic E-state index is 0.0828. The Kier molecular flexibility index (Phi) is 7.25. The van der Waals surface area contributed by atoms with E-state index in [2.05, 4.69) is 9.88 Å². The predicted molar refractivity (Wildman–Crippen MR) is 127 cm³/mol. The third kappa shape index (κ3) is 5.71. The number of carbonyl (C=O) groups is 2. The normalized spacial score (nSPS) is 15.4. The smallest absolute Gasteiger partial charge is 0.251 e. The molecule has 1 aliphatic heterocycles. The fourth-order valence-electron chi connectivity index (χ4n) is 4.19. The van der Waals surface area contributed by atoms with Crippen LogP contribution in [0.3, 0.4) is 0 Å². The number of benzene rings is 2. The van der Waals surface area contributed by atoms with Gasteiger partial charge in [-0.15, -0.1) is 0 Å². The highest BCUT2D eigenvalue weighted by Gasteiger charge is 2.21. The van der Waals surface area contributed by atoms with Gasteiger partial charge in [0.2, 0.25) is 5.78 Å². The maximum atomic E-state index is 12.9. The van der Waals surface area contributed by atoms with Crippen molar-refractivity contribution >= 4 is 11.7 Å². The summed E-state index contributed by atoms with van der Waals surface area (Å²) in [5.41, 5.74) is 4.17. The van der Waals surface area contributed by atoms with Crippen LogP contribution in [0.15, 0.2) is 60.7 Å². The second-order valence-electron chi connectivity index (χ2n) is 8.44. The first-order chi connectivity index (χ1) is 16.0. The standard InChI is InChI=1S/C27H30N2O4/c1-19-14-25(20(2)29(19)17-24-12-7-13-32-24)26(30)18-33-23-11-6-10-22(15-23)27(31)28-16-21-8-4-3-5-9-21/h3-6,8-11,14-15,24H,7,12-13,16-18H2,1-2H3,(H,28,31)/t24-/m1/s1. The lowest BCUT2D eigenvalue weighted by Crippen LogP contribution is -2.22. The van der Waals surface area contributed by atoms with Gasteiger partial charge in [-0.25, -0.2) is 0 Å². The van der Waals surface area contributed by atoms with E-state index in [0.29, 0.717) is 23.4 Å². The second kappa shape index (κ2) is 10.5. The molecule has 0 bridgehead atoms. The maximum absolute atomic E-state index is 12.9. The number of amides is 1. The molecule has 1 fully saturated rings. The van der Waals surface area contributed by atoms with Crippen molar-refractivity contribution in [3.63, 3.8) is 0 Å².